The molecule has 0 saturated heterocycles. The molecule has 8 nitrogen and oxygen atoms in total. The molecule has 0 bridgehead atoms. The second-order valence-corrected chi connectivity index (χ2v) is 4.74. The SMILES string of the molecule is [O-][Cl+3]([O-])([O-])[O-].c1cc[n+](Cn2nnc3ccccc32)cc1. The fraction of sp³-hybridized carbons (Fsp3) is 0.0833. The van der Waals surface area contributed by atoms with Crippen molar-refractivity contribution < 1.29 is 33.4 Å². The van der Waals surface area contributed by atoms with E-state index in [4.69, 9.17) is 18.6 Å². The minimum atomic E-state index is -4.94. The number of para-hydroxylation sites is 1. The maximum absolute atomic E-state index is 8.49. The van der Waals surface area contributed by atoms with Crippen molar-refractivity contribution in [2.24, 2.45) is 0 Å². The molecule has 0 unspecified atom stereocenters. The number of aromatic nitrogens is 4. The lowest BCUT2D eigenvalue weighted by Crippen LogP contribution is -2.68. The van der Waals surface area contributed by atoms with Crippen molar-refractivity contribution in [1.29, 1.82) is 0 Å². The zero-order valence-electron chi connectivity index (χ0n) is 10.7. The monoisotopic (exact) mass is 310 g/mol. The maximum atomic E-state index is 8.49. The molecule has 0 N–H and O–H groups in total. The standard InChI is InChI=1S/C12H11N4.ClHO4/c1-4-8-15(9-5-1)10-16-12-7-3-2-6-11(12)13-14-16;2-1(3,4)5/h1-9H,10H2;(H,2,3,4,5)/q+1;/p-1. The topological polar surface area (TPSA) is 127 Å². The van der Waals surface area contributed by atoms with Crippen LogP contribution in [0.4, 0.5) is 0 Å². The Morgan fingerprint density at radius 2 is 1.57 bits per heavy atom. The highest BCUT2D eigenvalue weighted by Gasteiger charge is 2.06. The van der Waals surface area contributed by atoms with Crippen LogP contribution in [0.5, 0.6) is 0 Å². The summed E-state index contributed by atoms with van der Waals surface area (Å²) in [6.45, 7) is 0.682. The third-order valence-corrected chi connectivity index (χ3v) is 2.49. The minimum absolute atomic E-state index is 0.682. The Morgan fingerprint density at radius 3 is 2.24 bits per heavy atom. The fourth-order valence-corrected chi connectivity index (χ4v) is 1.71. The van der Waals surface area contributed by atoms with E-state index in [0.29, 0.717) is 6.67 Å². The van der Waals surface area contributed by atoms with Gasteiger partial charge in [-0.2, -0.15) is 9.25 Å². The van der Waals surface area contributed by atoms with Crippen LogP contribution >= 0.6 is 0 Å². The lowest BCUT2D eigenvalue weighted by atomic mass is 10.3. The molecule has 0 saturated carbocycles. The first-order valence-corrected chi connectivity index (χ1v) is 7.01. The number of benzene rings is 1. The van der Waals surface area contributed by atoms with Crippen molar-refractivity contribution in [3.63, 3.8) is 0 Å². The van der Waals surface area contributed by atoms with E-state index in [2.05, 4.69) is 14.9 Å². The first kappa shape index (κ1) is 15.3. The van der Waals surface area contributed by atoms with Crippen LogP contribution in [0.2, 0.25) is 0 Å². The molecule has 0 aliphatic rings. The van der Waals surface area contributed by atoms with E-state index in [0.717, 1.165) is 11.0 Å². The highest BCUT2D eigenvalue weighted by molar-refractivity contribution is 5.73. The van der Waals surface area contributed by atoms with Crippen LogP contribution in [0.1, 0.15) is 0 Å². The predicted molar refractivity (Wildman–Crippen MR) is 59.6 cm³/mol. The Labute approximate surface area is 121 Å². The Morgan fingerprint density at radius 1 is 0.952 bits per heavy atom. The largest absolute Gasteiger partial charge is 0.244 e. The van der Waals surface area contributed by atoms with E-state index in [1.807, 2.05) is 59.5 Å². The molecule has 21 heavy (non-hydrogen) atoms. The van der Waals surface area contributed by atoms with E-state index in [9.17, 15) is 0 Å². The Kier molecular flexibility index (Phi) is 4.78. The van der Waals surface area contributed by atoms with Crippen molar-refractivity contribution in [1.82, 2.24) is 15.0 Å². The van der Waals surface area contributed by atoms with Crippen molar-refractivity contribution >= 4 is 11.0 Å². The summed E-state index contributed by atoms with van der Waals surface area (Å²) < 4.78 is 37.9. The van der Waals surface area contributed by atoms with Gasteiger partial charge in [-0.1, -0.05) is 23.4 Å². The molecule has 110 valence electrons. The Bertz CT molecular complexity index is 693. The number of hydrogen-bond acceptors (Lipinski definition) is 6. The number of hydrogen-bond donors (Lipinski definition) is 0. The summed E-state index contributed by atoms with van der Waals surface area (Å²) in [5, 5.41) is 8.25. The second kappa shape index (κ2) is 6.57. The molecule has 2 aromatic heterocycles. The number of nitrogens with zero attached hydrogens (tertiary/aromatic N) is 4. The molecule has 0 atom stereocenters. The van der Waals surface area contributed by atoms with Gasteiger partial charge in [0.05, 0.1) is 5.52 Å². The molecule has 0 amide bonds. The Hall–Kier alpha value is -2.10. The number of halogens is 1. The average molecular weight is 311 g/mol. The molecule has 3 aromatic rings. The van der Waals surface area contributed by atoms with E-state index in [-0.39, 0.29) is 0 Å². The molecule has 0 radical (unpaired) electrons. The van der Waals surface area contributed by atoms with Crippen LogP contribution in [-0.4, -0.2) is 15.0 Å². The summed E-state index contributed by atoms with van der Waals surface area (Å²) in [4.78, 5) is 0. The highest BCUT2D eigenvalue weighted by atomic mass is 35.7. The van der Waals surface area contributed by atoms with Crippen molar-refractivity contribution in [3.8, 4) is 0 Å². The van der Waals surface area contributed by atoms with Gasteiger partial charge in [0.1, 0.15) is 5.52 Å². The lowest BCUT2D eigenvalue weighted by Gasteiger charge is -2.17. The molecule has 0 aliphatic carbocycles. The maximum Gasteiger partial charge on any atom is 0.244 e. The highest BCUT2D eigenvalue weighted by Crippen LogP contribution is 2.08. The van der Waals surface area contributed by atoms with E-state index < -0.39 is 10.2 Å². The average Bonchev–Trinajstić information content (AvgIpc) is 2.82. The predicted octanol–water partition coefficient (Wildman–Crippen LogP) is -3.53. The van der Waals surface area contributed by atoms with Gasteiger partial charge in [0.15, 0.2) is 12.4 Å². The van der Waals surface area contributed by atoms with E-state index in [1.54, 1.807) is 0 Å². The van der Waals surface area contributed by atoms with Crippen LogP contribution in [0.3, 0.4) is 0 Å². The van der Waals surface area contributed by atoms with Gasteiger partial charge in [-0.25, -0.2) is 18.6 Å². The van der Waals surface area contributed by atoms with Crippen LogP contribution in [-0.2, 0) is 6.67 Å². The molecule has 0 fully saturated rings. The fourth-order valence-electron chi connectivity index (χ4n) is 1.71. The summed E-state index contributed by atoms with van der Waals surface area (Å²) in [5.41, 5.74) is 1.98. The van der Waals surface area contributed by atoms with Gasteiger partial charge in [0.2, 0.25) is 6.67 Å². The van der Waals surface area contributed by atoms with Crippen molar-refractivity contribution in [3.05, 3.63) is 54.9 Å². The van der Waals surface area contributed by atoms with Crippen LogP contribution in [0.25, 0.3) is 11.0 Å². The zero-order chi connectivity index (χ0) is 15.3. The molecule has 3 rings (SSSR count). The molecule has 1 aromatic carbocycles. The van der Waals surface area contributed by atoms with Gasteiger partial charge in [0.25, 0.3) is 0 Å². The third-order valence-electron chi connectivity index (χ3n) is 2.49. The first-order chi connectivity index (χ1) is 9.93. The van der Waals surface area contributed by atoms with Crippen LogP contribution < -0.4 is 23.2 Å². The van der Waals surface area contributed by atoms with Gasteiger partial charge in [-0.3, -0.25) is 0 Å². The summed E-state index contributed by atoms with van der Waals surface area (Å²) in [6, 6.07) is 14.0. The zero-order valence-corrected chi connectivity index (χ0v) is 11.5. The lowest BCUT2D eigenvalue weighted by molar-refractivity contribution is -2.00. The van der Waals surface area contributed by atoms with Crippen molar-refractivity contribution in [2.75, 3.05) is 0 Å². The molecule has 0 aliphatic heterocycles. The summed E-state index contributed by atoms with van der Waals surface area (Å²) >= 11 is 0. The molecule has 9 heteroatoms. The molecular formula is C12H11ClN4O4. The molecule has 0 spiro atoms. The van der Waals surface area contributed by atoms with Gasteiger partial charge in [-0.15, -0.1) is 15.3 Å². The third kappa shape index (κ3) is 5.06. The molecule has 2 heterocycles. The Balaban J connectivity index is 0.000000282. The smallest absolute Gasteiger partial charge is 0.222 e. The number of rotatable bonds is 2. The number of pyridine rings is 1. The quantitative estimate of drug-likeness (QED) is 0.451. The van der Waals surface area contributed by atoms with E-state index >= 15 is 0 Å². The van der Waals surface area contributed by atoms with Gasteiger partial charge in [0, 0.05) is 12.1 Å². The van der Waals surface area contributed by atoms with Gasteiger partial charge >= 0.3 is 0 Å². The summed E-state index contributed by atoms with van der Waals surface area (Å²) in [6.07, 6.45) is 4.02. The normalized spacial score (nSPS) is 11.0. The summed E-state index contributed by atoms with van der Waals surface area (Å²) in [7, 11) is -4.94. The number of fused-ring (bicyclic) bond motifs is 1. The molecular weight excluding hydrogens is 300 g/mol. The van der Waals surface area contributed by atoms with E-state index in [1.165, 1.54) is 0 Å². The minimum Gasteiger partial charge on any atom is -0.222 e. The van der Waals surface area contributed by atoms with Crippen LogP contribution in [0.15, 0.2) is 54.9 Å². The van der Waals surface area contributed by atoms with Crippen LogP contribution in [0, 0.1) is 10.2 Å². The second-order valence-electron chi connectivity index (χ2n) is 3.99. The van der Waals surface area contributed by atoms with Gasteiger partial charge < -0.3 is 0 Å². The first-order valence-electron chi connectivity index (χ1n) is 5.77. The summed E-state index contributed by atoms with van der Waals surface area (Å²) in [5.74, 6) is 0. The van der Waals surface area contributed by atoms with Gasteiger partial charge in [-0.05, 0) is 12.1 Å². The van der Waals surface area contributed by atoms with Crippen molar-refractivity contribution in [2.45, 2.75) is 6.67 Å².